The van der Waals surface area contributed by atoms with Crippen LogP contribution in [0.2, 0.25) is 0 Å². The van der Waals surface area contributed by atoms with Gasteiger partial charge in [0, 0.05) is 31.0 Å². The van der Waals surface area contributed by atoms with E-state index in [0.29, 0.717) is 18.7 Å². The molecule has 0 spiro atoms. The number of rotatable bonds is 4. The van der Waals surface area contributed by atoms with Gasteiger partial charge in [-0.2, -0.15) is 0 Å². The van der Waals surface area contributed by atoms with Gasteiger partial charge in [0.1, 0.15) is 5.60 Å². The Morgan fingerprint density at radius 3 is 2.50 bits per heavy atom. The summed E-state index contributed by atoms with van der Waals surface area (Å²) in [5.41, 5.74) is 5.13. The van der Waals surface area contributed by atoms with Gasteiger partial charge in [-0.25, -0.2) is 4.79 Å². The van der Waals surface area contributed by atoms with E-state index in [1.54, 1.807) is 17.3 Å². The van der Waals surface area contributed by atoms with Crippen molar-refractivity contribution in [3.63, 3.8) is 0 Å². The Labute approximate surface area is 188 Å². The molecule has 6 nitrogen and oxygen atoms in total. The van der Waals surface area contributed by atoms with E-state index in [1.165, 1.54) is 0 Å². The summed E-state index contributed by atoms with van der Waals surface area (Å²) in [6.07, 6.45) is 3.92. The third-order valence-corrected chi connectivity index (χ3v) is 5.25. The van der Waals surface area contributed by atoms with Crippen LogP contribution < -0.4 is 10.2 Å². The predicted molar refractivity (Wildman–Crippen MR) is 125 cm³/mol. The van der Waals surface area contributed by atoms with Gasteiger partial charge in [-0.1, -0.05) is 24.3 Å². The fourth-order valence-corrected chi connectivity index (χ4v) is 3.69. The second kappa shape index (κ2) is 8.83. The van der Waals surface area contributed by atoms with Gasteiger partial charge in [0.05, 0.1) is 5.69 Å². The Morgan fingerprint density at radius 2 is 1.81 bits per heavy atom. The zero-order valence-electron chi connectivity index (χ0n) is 18.6. The van der Waals surface area contributed by atoms with Gasteiger partial charge < -0.3 is 10.1 Å². The third-order valence-electron chi connectivity index (χ3n) is 5.25. The molecule has 0 saturated carbocycles. The maximum atomic E-state index is 12.5. The molecular formula is C26H27N3O3. The first-order chi connectivity index (χ1) is 15.3. The molecule has 0 saturated heterocycles. The highest BCUT2D eigenvalue weighted by atomic mass is 16.6. The second-order valence-electron chi connectivity index (χ2n) is 8.85. The Morgan fingerprint density at radius 1 is 1.06 bits per heavy atom. The van der Waals surface area contributed by atoms with Gasteiger partial charge in [0.25, 0.3) is 5.91 Å². The predicted octanol–water partition coefficient (Wildman–Crippen LogP) is 4.98. The zero-order chi connectivity index (χ0) is 22.7. The summed E-state index contributed by atoms with van der Waals surface area (Å²) in [4.78, 5) is 30.7. The quantitative estimate of drug-likeness (QED) is 0.635. The number of pyridine rings is 1. The third kappa shape index (κ3) is 4.97. The number of aromatic nitrogens is 1. The van der Waals surface area contributed by atoms with E-state index in [4.69, 9.17) is 4.74 Å². The molecule has 1 aromatic heterocycles. The van der Waals surface area contributed by atoms with Crippen molar-refractivity contribution < 1.29 is 14.3 Å². The topological polar surface area (TPSA) is 71.5 Å². The van der Waals surface area contributed by atoms with Crippen LogP contribution in [0.5, 0.6) is 0 Å². The van der Waals surface area contributed by atoms with Crippen LogP contribution in [0.4, 0.5) is 10.5 Å². The molecule has 0 bridgehead atoms. The lowest BCUT2D eigenvalue weighted by molar-refractivity contribution is 0.0583. The van der Waals surface area contributed by atoms with Gasteiger partial charge in [-0.05, 0) is 79.8 Å². The van der Waals surface area contributed by atoms with Gasteiger partial charge >= 0.3 is 6.09 Å². The summed E-state index contributed by atoms with van der Waals surface area (Å²) in [5.74, 6) is -0.123. The molecule has 6 heteroatoms. The van der Waals surface area contributed by atoms with Gasteiger partial charge in [0.2, 0.25) is 0 Å². The first-order valence-corrected chi connectivity index (χ1v) is 10.7. The second-order valence-corrected chi connectivity index (χ2v) is 8.85. The van der Waals surface area contributed by atoms with Crippen molar-refractivity contribution >= 4 is 17.7 Å². The van der Waals surface area contributed by atoms with Crippen molar-refractivity contribution in [2.24, 2.45) is 0 Å². The first kappa shape index (κ1) is 21.6. The summed E-state index contributed by atoms with van der Waals surface area (Å²) in [6, 6.07) is 17.4. The molecule has 1 N–H and O–H groups in total. The van der Waals surface area contributed by atoms with Crippen molar-refractivity contribution in [2.45, 2.75) is 39.3 Å². The number of carbonyl (C=O) groups excluding carboxylic acids is 2. The lowest BCUT2D eigenvalue weighted by Crippen LogP contribution is -2.35. The molecule has 0 radical (unpaired) electrons. The zero-order valence-corrected chi connectivity index (χ0v) is 18.6. The fourth-order valence-electron chi connectivity index (χ4n) is 3.69. The standard InChI is InChI=1S/C26H27N3O3/c1-26(2,3)32-25(31)29-14-12-22-15-21(10-11-23(22)29)19-6-8-20(9-7-19)24(30)28-17-18-5-4-13-27-16-18/h4-11,13,15-16H,12,14,17H2,1-3H3,(H,28,30). The maximum absolute atomic E-state index is 12.5. The number of fused-ring (bicyclic) bond motifs is 1. The van der Waals surface area contributed by atoms with Crippen molar-refractivity contribution in [3.8, 4) is 11.1 Å². The van der Waals surface area contributed by atoms with E-state index >= 15 is 0 Å². The molecule has 4 rings (SSSR count). The minimum absolute atomic E-state index is 0.123. The highest BCUT2D eigenvalue weighted by Gasteiger charge is 2.29. The highest BCUT2D eigenvalue weighted by Crippen LogP contribution is 2.33. The van der Waals surface area contributed by atoms with Crippen LogP contribution in [0.3, 0.4) is 0 Å². The monoisotopic (exact) mass is 429 g/mol. The summed E-state index contributed by atoms with van der Waals surface area (Å²) >= 11 is 0. The molecule has 1 aliphatic heterocycles. The highest BCUT2D eigenvalue weighted by molar-refractivity contribution is 5.95. The maximum Gasteiger partial charge on any atom is 0.414 e. The molecule has 3 aromatic rings. The van der Waals surface area contributed by atoms with Crippen LogP contribution in [0.25, 0.3) is 11.1 Å². The molecule has 0 fully saturated rings. The molecular weight excluding hydrogens is 402 g/mol. The van der Waals surface area contributed by atoms with Crippen LogP contribution in [-0.4, -0.2) is 29.1 Å². The van der Waals surface area contributed by atoms with Crippen molar-refractivity contribution in [1.82, 2.24) is 10.3 Å². The molecule has 0 aliphatic carbocycles. The molecule has 32 heavy (non-hydrogen) atoms. The first-order valence-electron chi connectivity index (χ1n) is 10.7. The van der Waals surface area contributed by atoms with E-state index in [-0.39, 0.29) is 12.0 Å². The van der Waals surface area contributed by atoms with Crippen molar-refractivity contribution in [2.75, 3.05) is 11.4 Å². The van der Waals surface area contributed by atoms with E-state index in [9.17, 15) is 9.59 Å². The lowest BCUT2D eigenvalue weighted by Gasteiger charge is -2.24. The smallest absolute Gasteiger partial charge is 0.414 e. The molecule has 2 heterocycles. The van der Waals surface area contributed by atoms with Crippen LogP contribution in [-0.2, 0) is 17.7 Å². The SMILES string of the molecule is CC(C)(C)OC(=O)N1CCc2cc(-c3ccc(C(=O)NCc4cccnc4)cc3)ccc21. The summed E-state index contributed by atoms with van der Waals surface area (Å²) in [6.45, 7) is 6.66. The fraction of sp³-hybridized carbons (Fsp3) is 0.269. The van der Waals surface area contributed by atoms with Crippen LogP contribution >= 0.6 is 0 Å². The van der Waals surface area contributed by atoms with E-state index in [0.717, 1.165) is 34.4 Å². The normalized spacial score (nSPS) is 12.9. The Balaban J connectivity index is 1.44. The van der Waals surface area contributed by atoms with Crippen molar-refractivity contribution in [3.05, 3.63) is 83.7 Å². The van der Waals surface area contributed by atoms with Gasteiger partial charge in [-0.3, -0.25) is 14.7 Å². The average molecular weight is 430 g/mol. The molecule has 2 amide bonds. The van der Waals surface area contributed by atoms with Crippen molar-refractivity contribution in [1.29, 1.82) is 0 Å². The molecule has 0 unspecified atom stereocenters. The molecule has 1 aliphatic rings. The summed E-state index contributed by atoms with van der Waals surface area (Å²) in [7, 11) is 0. The molecule has 2 aromatic carbocycles. The average Bonchev–Trinajstić information content (AvgIpc) is 3.21. The molecule has 164 valence electrons. The van der Waals surface area contributed by atoms with Gasteiger partial charge in [-0.15, -0.1) is 0 Å². The minimum Gasteiger partial charge on any atom is -0.443 e. The summed E-state index contributed by atoms with van der Waals surface area (Å²) < 4.78 is 5.52. The number of ether oxygens (including phenoxy) is 1. The number of amides is 2. The largest absolute Gasteiger partial charge is 0.443 e. The minimum atomic E-state index is -0.522. The van der Waals surface area contributed by atoms with Crippen LogP contribution in [0.15, 0.2) is 67.0 Å². The Bertz CT molecular complexity index is 1120. The van der Waals surface area contributed by atoms with E-state index < -0.39 is 5.60 Å². The number of nitrogens with one attached hydrogen (secondary N) is 1. The summed E-state index contributed by atoms with van der Waals surface area (Å²) in [5, 5.41) is 2.91. The number of nitrogens with zero attached hydrogens (tertiary/aromatic N) is 2. The van der Waals surface area contributed by atoms with Crippen LogP contribution in [0, 0.1) is 0 Å². The Kier molecular flexibility index (Phi) is 5.95. The van der Waals surface area contributed by atoms with Gasteiger partial charge in [0.15, 0.2) is 0 Å². The number of hydrogen-bond donors (Lipinski definition) is 1. The van der Waals surface area contributed by atoms with E-state index in [1.807, 2.05) is 69.3 Å². The van der Waals surface area contributed by atoms with Crippen LogP contribution in [0.1, 0.15) is 42.3 Å². The number of anilines is 1. The Hall–Kier alpha value is -3.67. The molecule has 0 atom stereocenters. The number of benzene rings is 2. The number of hydrogen-bond acceptors (Lipinski definition) is 4. The van der Waals surface area contributed by atoms with E-state index in [2.05, 4.69) is 16.4 Å². The number of carbonyl (C=O) groups is 2. The lowest BCUT2D eigenvalue weighted by atomic mass is 10.0.